The van der Waals surface area contributed by atoms with Crippen LogP contribution in [0.25, 0.3) is 11.6 Å². The molecule has 54 heavy (non-hydrogen) atoms. The van der Waals surface area contributed by atoms with Crippen LogP contribution >= 0.6 is 11.6 Å². The monoisotopic (exact) mass is 752 g/mol. The first kappa shape index (κ1) is 35.9. The number of ketones is 1. The number of benzene rings is 4. The Kier molecular flexibility index (Phi) is 9.92. The second-order valence-corrected chi connectivity index (χ2v) is 16.7. The molecule has 2 aromatic heterocycles. The molecule has 0 bridgehead atoms. The first-order valence-electron chi connectivity index (χ1n) is 18.4. The molecule has 8 rings (SSSR count). The van der Waals surface area contributed by atoms with Crippen LogP contribution in [0.1, 0.15) is 81.2 Å². The number of allylic oxidation sites excluding steroid dienone is 1. The van der Waals surface area contributed by atoms with Crippen molar-refractivity contribution in [1.82, 2.24) is 18.8 Å². The number of Topliss-reactive ketones (excluding diaryl/α,β-unsaturated/α-hetero) is 1. The molecule has 6 aromatic rings. The molecule has 1 aliphatic heterocycles. The Morgan fingerprint density at radius 3 is 2.02 bits per heavy atom. The quantitative estimate of drug-likeness (QED) is 0.103. The van der Waals surface area contributed by atoms with Crippen molar-refractivity contribution in [1.29, 1.82) is 0 Å². The number of sulfonamides is 1. The van der Waals surface area contributed by atoms with E-state index >= 15 is 0 Å². The first-order chi connectivity index (χ1) is 26.2. The van der Waals surface area contributed by atoms with Crippen LogP contribution in [-0.2, 0) is 15.6 Å². The molecule has 0 amide bonds. The summed E-state index contributed by atoms with van der Waals surface area (Å²) in [5.74, 6) is 0.0925. The van der Waals surface area contributed by atoms with Gasteiger partial charge in [0.2, 0.25) is 10.0 Å². The van der Waals surface area contributed by atoms with Crippen LogP contribution in [0.2, 0.25) is 5.02 Å². The Hall–Kier alpha value is -5.15. The highest BCUT2D eigenvalue weighted by Gasteiger charge is 2.39. The van der Waals surface area contributed by atoms with Crippen LogP contribution in [0.4, 0.5) is 0 Å². The predicted molar refractivity (Wildman–Crippen MR) is 215 cm³/mol. The molecule has 4 aromatic carbocycles. The third-order valence-corrected chi connectivity index (χ3v) is 12.6. The lowest BCUT2D eigenvalue weighted by Crippen LogP contribution is -2.39. The van der Waals surface area contributed by atoms with E-state index in [0.29, 0.717) is 30.2 Å². The van der Waals surface area contributed by atoms with Gasteiger partial charge in [-0.3, -0.25) is 9.78 Å². The van der Waals surface area contributed by atoms with Gasteiger partial charge in [0.25, 0.3) is 0 Å². The summed E-state index contributed by atoms with van der Waals surface area (Å²) in [7, 11) is -3.26. The maximum absolute atomic E-state index is 14.2. The van der Waals surface area contributed by atoms with Gasteiger partial charge in [-0.15, -0.1) is 0 Å². The highest BCUT2D eigenvalue weighted by atomic mass is 35.5. The second-order valence-electron chi connectivity index (χ2n) is 14.3. The summed E-state index contributed by atoms with van der Waals surface area (Å²) in [6, 6.07) is 41.1. The molecule has 2 aliphatic rings. The van der Waals surface area contributed by atoms with Crippen molar-refractivity contribution >= 4 is 39.1 Å². The maximum atomic E-state index is 14.2. The summed E-state index contributed by atoms with van der Waals surface area (Å²) >= 11 is 6.59. The molecular formula is C45H41ClN4O3S. The molecule has 0 N–H and O–H groups in total. The second kappa shape index (κ2) is 14.9. The maximum Gasteiger partial charge on any atom is 0.211 e. The predicted octanol–water partition coefficient (Wildman–Crippen LogP) is 9.09. The van der Waals surface area contributed by atoms with E-state index in [9.17, 15) is 13.2 Å². The number of rotatable bonds is 10. The number of aromatic nitrogens is 3. The molecule has 3 heterocycles. The Morgan fingerprint density at radius 2 is 1.43 bits per heavy atom. The molecule has 0 radical (unpaired) electrons. The van der Waals surface area contributed by atoms with E-state index in [1.807, 2.05) is 85.2 Å². The van der Waals surface area contributed by atoms with Crippen LogP contribution in [0.5, 0.6) is 0 Å². The Bertz CT molecular complexity index is 2330. The molecular weight excluding hydrogens is 712 g/mol. The molecule has 0 saturated carbocycles. The number of hydrogen-bond donors (Lipinski definition) is 0. The van der Waals surface area contributed by atoms with E-state index in [1.165, 1.54) is 6.26 Å². The fourth-order valence-corrected chi connectivity index (χ4v) is 9.59. The number of nitrogens with zero attached hydrogens (tertiary/aromatic N) is 4. The van der Waals surface area contributed by atoms with Crippen molar-refractivity contribution in [2.75, 3.05) is 19.3 Å². The van der Waals surface area contributed by atoms with Crippen molar-refractivity contribution in [3.8, 4) is 0 Å². The molecule has 7 nitrogen and oxygen atoms in total. The number of hydrogen-bond acceptors (Lipinski definition) is 5. The third kappa shape index (κ3) is 6.74. The Balaban J connectivity index is 1.13. The topological polar surface area (TPSA) is 85.2 Å². The lowest BCUT2D eigenvalue weighted by atomic mass is 9.76. The van der Waals surface area contributed by atoms with E-state index in [4.69, 9.17) is 21.6 Å². The number of imidazole rings is 1. The zero-order chi connectivity index (χ0) is 37.3. The van der Waals surface area contributed by atoms with Gasteiger partial charge in [0, 0.05) is 42.8 Å². The lowest BCUT2D eigenvalue weighted by Gasteiger charge is -2.37. The van der Waals surface area contributed by atoms with Crippen LogP contribution in [0.3, 0.4) is 0 Å². The first-order valence-corrected chi connectivity index (χ1v) is 20.6. The van der Waals surface area contributed by atoms with E-state index in [1.54, 1.807) is 10.6 Å². The van der Waals surface area contributed by atoms with E-state index in [0.717, 1.165) is 57.5 Å². The summed E-state index contributed by atoms with van der Waals surface area (Å²) in [6.45, 7) is 0.958. The van der Waals surface area contributed by atoms with Crippen LogP contribution in [0.15, 0.2) is 140 Å². The molecule has 1 fully saturated rings. The fraction of sp³-hybridized carbons (Fsp3) is 0.222. The SMILES string of the molecule is CS(=O)(=O)N1CCC(C2c3ccc(Cl)cc3C=C(CCC(=O)c3cn(C(c4ccccc4)(c4ccccc4)c4ccccc4)cn3)c3cccnc32)CC1. The van der Waals surface area contributed by atoms with Gasteiger partial charge in [-0.2, -0.15) is 0 Å². The van der Waals surface area contributed by atoms with Crippen molar-refractivity contribution in [3.05, 3.63) is 190 Å². The summed E-state index contributed by atoms with van der Waals surface area (Å²) in [5, 5.41) is 0.634. The largest absolute Gasteiger partial charge is 0.318 e. The van der Waals surface area contributed by atoms with Gasteiger partial charge in [0.15, 0.2) is 5.78 Å². The van der Waals surface area contributed by atoms with Gasteiger partial charge in [-0.05, 0) is 82.3 Å². The zero-order valence-electron chi connectivity index (χ0n) is 30.1. The fourth-order valence-electron chi connectivity index (χ4n) is 8.54. The van der Waals surface area contributed by atoms with Gasteiger partial charge in [0.1, 0.15) is 11.2 Å². The standard InChI is InChI=1S/C45H41ClN4O3S/c1-54(52,53)50-26-23-32(24-27-50)43-39-21-20-38(46)29-34(39)28-33(40-18-11-25-47-44(40)43)19-22-42(51)41-30-49(31-48-41)45(35-12-5-2-6-13-35,36-14-7-3-8-15-36)37-16-9-4-10-17-37/h2-18,20-21,25,28-32,43H,19,22-24,26-27H2,1H3. The van der Waals surface area contributed by atoms with Gasteiger partial charge in [0.05, 0.1) is 18.3 Å². The number of fused-ring (bicyclic) bond motifs is 2. The molecule has 1 unspecified atom stereocenters. The summed E-state index contributed by atoms with van der Waals surface area (Å²) in [6.07, 6.45) is 11.1. The van der Waals surface area contributed by atoms with E-state index in [-0.39, 0.29) is 24.0 Å². The van der Waals surface area contributed by atoms with E-state index < -0.39 is 15.6 Å². The van der Waals surface area contributed by atoms with Crippen molar-refractivity contribution < 1.29 is 13.2 Å². The smallest absolute Gasteiger partial charge is 0.211 e. The van der Waals surface area contributed by atoms with Crippen molar-refractivity contribution in [3.63, 3.8) is 0 Å². The van der Waals surface area contributed by atoms with Gasteiger partial charge < -0.3 is 4.57 Å². The average molecular weight is 753 g/mol. The average Bonchev–Trinajstić information content (AvgIpc) is 3.65. The van der Waals surface area contributed by atoms with Crippen LogP contribution < -0.4 is 0 Å². The molecule has 1 atom stereocenters. The third-order valence-electron chi connectivity index (χ3n) is 11.1. The minimum atomic E-state index is -3.26. The number of carbonyl (C=O) groups excluding carboxylic acids is 1. The van der Waals surface area contributed by atoms with Gasteiger partial charge in [-0.25, -0.2) is 17.7 Å². The molecule has 272 valence electrons. The Labute approximate surface area is 322 Å². The zero-order valence-corrected chi connectivity index (χ0v) is 31.6. The highest BCUT2D eigenvalue weighted by Crippen LogP contribution is 2.46. The summed E-state index contributed by atoms with van der Waals surface area (Å²) in [4.78, 5) is 23.9. The van der Waals surface area contributed by atoms with Crippen LogP contribution in [-0.4, -0.2) is 52.4 Å². The number of halogens is 1. The van der Waals surface area contributed by atoms with Crippen LogP contribution in [0, 0.1) is 5.92 Å². The Morgan fingerprint density at radius 1 is 0.815 bits per heavy atom. The van der Waals surface area contributed by atoms with Crippen molar-refractivity contribution in [2.45, 2.75) is 37.1 Å². The van der Waals surface area contributed by atoms with E-state index in [2.05, 4.69) is 59.2 Å². The highest BCUT2D eigenvalue weighted by molar-refractivity contribution is 7.88. The lowest BCUT2D eigenvalue weighted by molar-refractivity contribution is 0.0979. The minimum absolute atomic E-state index is 0.0441. The molecule has 1 saturated heterocycles. The molecule has 1 aliphatic carbocycles. The van der Waals surface area contributed by atoms with Gasteiger partial charge >= 0.3 is 0 Å². The summed E-state index contributed by atoms with van der Waals surface area (Å²) < 4.78 is 28.3. The molecule has 9 heteroatoms. The van der Waals surface area contributed by atoms with Gasteiger partial charge in [-0.1, -0.05) is 121 Å². The summed E-state index contributed by atoms with van der Waals surface area (Å²) in [5.41, 5.74) is 7.91. The number of pyridine rings is 1. The molecule has 0 spiro atoms. The minimum Gasteiger partial charge on any atom is -0.318 e. The number of piperidine rings is 1. The number of carbonyl (C=O) groups is 1. The van der Waals surface area contributed by atoms with Crippen molar-refractivity contribution in [2.24, 2.45) is 5.92 Å². The normalized spacial score (nSPS) is 16.6.